The lowest BCUT2D eigenvalue weighted by Gasteiger charge is -2.35. The van der Waals surface area contributed by atoms with Crippen molar-refractivity contribution in [2.45, 2.75) is 5.92 Å². The molecule has 4 aromatic heterocycles. The lowest BCUT2D eigenvalue weighted by Crippen LogP contribution is -2.21. The van der Waals surface area contributed by atoms with Gasteiger partial charge in [0.25, 0.3) is 0 Å². The predicted molar refractivity (Wildman–Crippen MR) is 245 cm³/mol. The Morgan fingerprint density at radius 2 is 0.780 bits per heavy atom. The Kier molecular flexibility index (Phi) is 5.43. The first-order chi connectivity index (χ1) is 29.3. The molecule has 0 spiro atoms. The van der Waals surface area contributed by atoms with Gasteiger partial charge in [-0.1, -0.05) is 121 Å². The zero-order chi connectivity index (χ0) is 38.1. The molecule has 4 nitrogen and oxygen atoms in total. The van der Waals surface area contributed by atoms with E-state index in [1.165, 1.54) is 127 Å². The van der Waals surface area contributed by atoms with Gasteiger partial charge in [-0.05, 0) is 77.9 Å². The minimum absolute atomic E-state index is 0.0942. The fourth-order valence-corrected chi connectivity index (χ4v) is 11.6. The molecule has 4 heteroatoms. The molecular formula is C55H32N4. The third kappa shape index (κ3) is 3.55. The van der Waals surface area contributed by atoms with Crippen molar-refractivity contribution >= 4 is 87.2 Å². The highest BCUT2D eigenvalue weighted by Gasteiger charge is 2.38. The number of nitrogens with zero attached hydrogens (tertiary/aromatic N) is 4. The van der Waals surface area contributed by atoms with Gasteiger partial charge >= 0.3 is 0 Å². The molecule has 59 heavy (non-hydrogen) atoms. The second-order valence-corrected chi connectivity index (χ2v) is 16.4. The van der Waals surface area contributed by atoms with E-state index in [4.69, 9.17) is 0 Å². The Morgan fingerprint density at radius 3 is 1.49 bits per heavy atom. The van der Waals surface area contributed by atoms with E-state index in [9.17, 15) is 0 Å². The number of fused-ring (bicyclic) bond motifs is 17. The molecule has 15 rings (SSSR count). The van der Waals surface area contributed by atoms with Crippen LogP contribution in [0.5, 0.6) is 0 Å². The SMILES string of the molecule is c1ccc(-n2c3ccccc3c3cc4c(cc32)c2cccc3c2n4-c2cccc4c2C3c2cccc3c5ccc6c(c7ccccc7n6-c6ccccc6)c5n-4c23)cc1. The number of rotatable bonds is 2. The maximum absolute atomic E-state index is 2.63. The van der Waals surface area contributed by atoms with Crippen LogP contribution in [0.25, 0.3) is 110 Å². The molecule has 6 heterocycles. The first-order valence-corrected chi connectivity index (χ1v) is 20.6. The Labute approximate surface area is 337 Å². The van der Waals surface area contributed by atoms with Crippen molar-refractivity contribution in [2.75, 3.05) is 0 Å². The van der Waals surface area contributed by atoms with Gasteiger partial charge < -0.3 is 18.3 Å². The molecule has 0 saturated heterocycles. The minimum atomic E-state index is 0.0942. The van der Waals surface area contributed by atoms with E-state index in [-0.39, 0.29) is 5.92 Å². The number of para-hydroxylation sites is 6. The smallest absolute Gasteiger partial charge is 0.0641 e. The van der Waals surface area contributed by atoms with Crippen LogP contribution in [0.1, 0.15) is 22.6 Å². The molecule has 0 bridgehead atoms. The van der Waals surface area contributed by atoms with Gasteiger partial charge in [-0.25, -0.2) is 0 Å². The van der Waals surface area contributed by atoms with E-state index in [0.29, 0.717) is 0 Å². The van der Waals surface area contributed by atoms with Crippen LogP contribution in [0.15, 0.2) is 188 Å². The zero-order valence-corrected chi connectivity index (χ0v) is 31.8. The molecule has 0 saturated carbocycles. The molecule has 1 atom stereocenters. The van der Waals surface area contributed by atoms with Gasteiger partial charge in [-0.2, -0.15) is 0 Å². The van der Waals surface area contributed by atoms with Crippen LogP contribution in [0.2, 0.25) is 0 Å². The number of aromatic nitrogens is 4. The monoisotopic (exact) mass is 748 g/mol. The summed E-state index contributed by atoms with van der Waals surface area (Å²) in [4.78, 5) is 0. The molecule has 0 radical (unpaired) electrons. The molecule has 9 aromatic carbocycles. The second kappa shape index (κ2) is 10.6. The van der Waals surface area contributed by atoms with Gasteiger partial charge in [0.05, 0.1) is 55.5 Å². The van der Waals surface area contributed by atoms with Crippen LogP contribution in [0, 0.1) is 0 Å². The summed E-state index contributed by atoms with van der Waals surface area (Å²) < 4.78 is 10.1. The first-order valence-electron chi connectivity index (χ1n) is 20.6. The fourth-order valence-electron chi connectivity index (χ4n) is 11.6. The van der Waals surface area contributed by atoms with Gasteiger partial charge in [-0.15, -0.1) is 0 Å². The Hall–Kier alpha value is -7.82. The molecule has 1 unspecified atom stereocenters. The van der Waals surface area contributed by atoms with E-state index < -0.39 is 0 Å². The average Bonchev–Trinajstić information content (AvgIpc) is 4.02. The topological polar surface area (TPSA) is 19.7 Å². The van der Waals surface area contributed by atoms with Gasteiger partial charge in [0.2, 0.25) is 0 Å². The van der Waals surface area contributed by atoms with Gasteiger partial charge in [-0.3, -0.25) is 0 Å². The summed E-state index contributed by atoms with van der Waals surface area (Å²) in [5, 5.41) is 10.3. The van der Waals surface area contributed by atoms with Gasteiger partial charge in [0, 0.05) is 65.9 Å². The highest BCUT2D eigenvalue weighted by atomic mass is 15.1. The van der Waals surface area contributed by atoms with Crippen LogP contribution < -0.4 is 0 Å². The Bertz CT molecular complexity index is 4000. The van der Waals surface area contributed by atoms with Gasteiger partial charge in [0.15, 0.2) is 0 Å². The van der Waals surface area contributed by atoms with Crippen molar-refractivity contribution in [3.8, 4) is 22.7 Å². The molecule has 2 aliphatic heterocycles. The maximum atomic E-state index is 2.63. The lowest BCUT2D eigenvalue weighted by molar-refractivity contribution is 0.885. The maximum Gasteiger partial charge on any atom is 0.0641 e. The summed E-state index contributed by atoms with van der Waals surface area (Å²) in [5.74, 6) is 0.0942. The van der Waals surface area contributed by atoms with E-state index in [2.05, 4.69) is 206 Å². The molecule has 0 amide bonds. The lowest BCUT2D eigenvalue weighted by atomic mass is 9.78. The van der Waals surface area contributed by atoms with Gasteiger partial charge in [0.1, 0.15) is 0 Å². The van der Waals surface area contributed by atoms with Crippen LogP contribution >= 0.6 is 0 Å². The molecule has 13 aromatic rings. The van der Waals surface area contributed by atoms with E-state index in [0.717, 1.165) is 0 Å². The van der Waals surface area contributed by atoms with Crippen LogP contribution in [-0.2, 0) is 0 Å². The Balaban J connectivity index is 1.10. The highest BCUT2D eigenvalue weighted by molar-refractivity contribution is 6.27. The first kappa shape index (κ1) is 30.3. The molecule has 0 fully saturated rings. The molecular weight excluding hydrogens is 717 g/mol. The molecule has 0 N–H and O–H groups in total. The summed E-state index contributed by atoms with van der Waals surface area (Å²) in [7, 11) is 0. The van der Waals surface area contributed by atoms with Crippen molar-refractivity contribution in [2.24, 2.45) is 0 Å². The minimum Gasteiger partial charge on any atom is -0.309 e. The largest absolute Gasteiger partial charge is 0.309 e. The average molecular weight is 749 g/mol. The third-order valence-electron chi connectivity index (χ3n) is 13.7. The highest BCUT2D eigenvalue weighted by Crippen LogP contribution is 2.55. The summed E-state index contributed by atoms with van der Waals surface area (Å²) in [5.41, 5.74) is 19.0. The summed E-state index contributed by atoms with van der Waals surface area (Å²) in [6, 6.07) is 70.1. The molecule has 272 valence electrons. The third-order valence-corrected chi connectivity index (χ3v) is 13.7. The number of benzene rings is 9. The van der Waals surface area contributed by atoms with E-state index >= 15 is 0 Å². The van der Waals surface area contributed by atoms with Crippen molar-refractivity contribution < 1.29 is 0 Å². The van der Waals surface area contributed by atoms with Crippen molar-refractivity contribution in [3.05, 3.63) is 205 Å². The number of hydrogen-bond donors (Lipinski definition) is 0. The summed E-state index contributed by atoms with van der Waals surface area (Å²) >= 11 is 0. The van der Waals surface area contributed by atoms with E-state index in [1.54, 1.807) is 0 Å². The van der Waals surface area contributed by atoms with Crippen molar-refractivity contribution in [1.82, 2.24) is 18.3 Å². The molecule has 0 aliphatic carbocycles. The van der Waals surface area contributed by atoms with Crippen LogP contribution in [0.4, 0.5) is 0 Å². The fraction of sp³-hybridized carbons (Fsp3) is 0.0182. The second-order valence-electron chi connectivity index (χ2n) is 16.4. The summed E-state index contributed by atoms with van der Waals surface area (Å²) in [6.07, 6.45) is 0. The van der Waals surface area contributed by atoms with Crippen LogP contribution in [0.3, 0.4) is 0 Å². The van der Waals surface area contributed by atoms with Crippen molar-refractivity contribution in [1.29, 1.82) is 0 Å². The normalized spacial score (nSPS) is 14.3. The Morgan fingerprint density at radius 1 is 0.288 bits per heavy atom. The standard InChI is InChI=1S/C55H32N4/c1-3-14-32(15-4-1)56-44-25-10-8-19-38(44)51-47(56)29-28-37-35-20-11-23-40-50-39-22-12-21-36-42-31-48-41(34-18-7-9-24-43(34)57(48)33-16-5-2-6-17-33)30-49(42)58(53(36)39)45-26-13-27-46(52(45)50)59(54(35)40)55(37)51/h1-31,50H. The quantitative estimate of drug-likeness (QED) is 0.168. The van der Waals surface area contributed by atoms with Crippen LogP contribution in [-0.4, -0.2) is 18.3 Å². The zero-order valence-electron chi connectivity index (χ0n) is 31.8. The predicted octanol–water partition coefficient (Wildman–Crippen LogP) is 13.9. The van der Waals surface area contributed by atoms with Crippen molar-refractivity contribution in [3.63, 3.8) is 0 Å². The number of hydrogen-bond acceptors (Lipinski definition) is 0. The van der Waals surface area contributed by atoms with E-state index in [1.807, 2.05) is 0 Å². The summed E-state index contributed by atoms with van der Waals surface area (Å²) in [6.45, 7) is 0. The molecule has 2 aliphatic rings.